The number of unbranched alkanes of at least 4 members (excludes halogenated alkanes) is 7. The van der Waals surface area contributed by atoms with E-state index in [1.165, 1.54) is 74.0 Å². The number of carbonyl (C=O) groups is 2. The summed E-state index contributed by atoms with van der Waals surface area (Å²) in [7, 11) is 0. The summed E-state index contributed by atoms with van der Waals surface area (Å²) in [5.74, 6) is 2.04. The molecule has 0 fully saturated rings. The molecule has 0 radical (unpaired) electrons. The highest BCUT2D eigenvalue weighted by molar-refractivity contribution is 8.01. The summed E-state index contributed by atoms with van der Waals surface area (Å²) in [6.07, 6.45) is 10.9. The van der Waals surface area contributed by atoms with Crippen molar-refractivity contribution in [3.63, 3.8) is 0 Å². The van der Waals surface area contributed by atoms with Crippen molar-refractivity contribution in [2.45, 2.75) is 86.7 Å². The lowest BCUT2D eigenvalue weighted by Gasteiger charge is -2.02. The summed E-state index contributed by atoms with van der Waals surface area (Å²) < 4.78 is 1.84. The molecule has 0 aliphatic rings. The van der Waals surface area contributed by atoms with E-state index in [1.54, 1.807) is 23.5 Å². The van der Waals surface area contributed by atoms with Gasteiger partial charge in [-0.2, -0.15) is 0 Å². The van der Waals surface area contributed by atoms with Crippen molar-refractivity contribution in [2.24, 2.45) is 0 Å². The van der Waals surface area contributed by atoms with Crippen LogP contribution >= 0.6 is 46.2 Å². The zero-order valence-electron chi connectivity index (χ0n) is 18.7. The minimum Gasteiger partial charge on any atom is -0.301 e. The average molecular weight is 517 g/mol. The van der Waals surface area contributed by atoms with Gasteiger partial charge in [0.1, 0.15) is 0 Å². The van der Waals surface area contributed by atoms with E-state index in [0.717, 1.165) is 20.2 Å². The third-order valence-electron chi connectivity index (χ3n) is 4.44. The van der Waals surface area contributed by atoms with E-state index >= 15 is 0 Å². The number of nitrogens with one attached hydrogen (secondary N) is 2. The highest BCUT2D eigenvalue weighted by Crippen LogP contribution is 2.27. The fourth-order valence-corrected chi connectivity index (χ4v) is 6.31. The van der Waals surface area contributed by atoms with E-state index in [1.807, 2.05) is 13.8 Å². The molecule has 0 atom stereocenters. The van der Waals surface area contributed by atoms with Gasteiger partial charge in [0.05, 0.1) is 0 Å². The number of carbonyl (C=O) groups excluding carboxylic acids is 2. The number of thioether (sulfide) groups is 2. The van der Waals surface area contributed by atoms with Gasteiger partial charge in [0.25, 0.3) is 0 Å². The van der Waals surface area contributed by atoms with Crippen molar-refractivity contribution in [1.29, 1.82) is 0 Å². The molecule has 2 aromatic rings. The quantitative estimate of drug-likeness (QED) is 0.148. The predicted octanol–water partition coefficient (Wildman–Crippen LogP) is 6.09. The number of nitrogens with zero attached hydrogens (tertiary/aromatic N) is 4. The summed E-state index contributed by atoms with van der Waals surface area (Å²) >= 11 is 6.33. The van der Waals surface area contributed by atoms with Crippen LogP contribution in [0.25, 0.3) is 0 Å². The molecule has 0 saturated heterocycles. The Hall–Kier alpha value is -1.24. The molecule has 0 aliphatic heterocycles. The molecule has 2 aromatic heterocycles. The van der Waals surface area contributed by atoms with Crippen LogP contribution in [0.1, 0.15) is 78.1 Å². The van der Waals surface area contributed by atoms with E-state index in [4.69, 9.17) is 0 Å². The van der Waals surface area contributed by atoms with Crippen molar-refractivity contribution in [3.8, 4) is 0 Å². The number of aromatic nitrogens is 4. The normalized spacial score (nSPS) is 10.9. The molecule has 2 amide bonds. The van der Waals surface area contributed by atoms with E-state index in [2.05, 4.69) is 31.0 Å². The Morgan fingerprint density at radius 1 is 0.656 bits per heavy atom. The molecule has 0 bridgehead atoms. The third kappa shape index (κ3) is 11.6. The fourth-order valence-electron chi connectivity index (χ4n) is 2.64. The van der Waals surface area contributed by atoms with E-state index in [-0.39, 0.29) is 11.8 Å². The van der Waals surface area contributed by atoms with E-state index < -0.39 is 0 Å². The van der Waals surface area contributed by atoms with Gasteiger partial charge >= 0.3 is 0 Å². The van der Waals surface area contributed by atoms with Gasteiger partial charge in [0, 0.05) is 24.3 Å². The largest absolute Gasteiger partial charge is 0.301 e. The zero-order chi connectivity index (χ0) is 23.0. The van der Waals surface area contributed by atoms with Gasteiger partial charge in [-0.05, 0) is 12.8 Å². The minimum absolute atomic E-state index is 0.0269. The summed E-state index contributed by atoms with van der Waals surface area (Å²) in [5.41, 5.74) is 0. The fraction of sp³-hybridized carbons (Fsp3) is 0.700. The second-order valence-electron chi connectivity index (χ2n) is 7.08. The highest BCUT2D eigenvalue weighted by Gasteiger charge is 2.08. The molecular formula is C20H32N6O2S4. The monoisotopic (exact) mass is 516 g/mol. The van der Waals surface area contributed by atoms with Crippen LogP contribution < -0.4 is 10.6 Å². The molecule has 2 rings (SSSR count). The van der Waals surface area contributed by atoms with Crippen LogP contribution in [-0.4, -0.2) is 43.7 Å². The lowest BCUT2D eigenvalue weighted by atomic mass is 10.1. The maximum Gasteiger partial charge on any atom is 0.225 e. The van der Waals surface area contributed by atoms with Crippen LogP contribution in [0.2, 0.25) is 0 Å². The maximum absolute atomic E-state index is 11.4. The molecule has 32 heavy (non-hydrogen) atoms. The van der Waals surface area contributed by atoms with Crippen molar-refractivity contribution in [3.05, 3.63) is 0 Å². The Kier molecular flexibility index (Phi) is 13.8. The Morgan fingerprint density at radius 3 is 1.41 bits per heavy atom. The standard InChI is InChI=1S/C20H32N6O2S4/c1-3-15(27)21-17-23-25-19(31-17)29-13-11-9-7-5-6-8-10-12-14-30-20-26-24-18(32-20)22-16(28)4-2/h3-14H2,1-2H3,(H,21,23,27)(H,22,24,28). The number of rotatable bonds is 17. The molecular weight excluding hydrogens is 485 g/mol. The number of hydrogen-bond acceptors (Lipinski definition) is 10. The van der Waals surface area contributed by atoms with Crippen molar-refractivity contribution in [1.82, 2.24) is 20.4 Å². The topological polar surface area (TPSA) is 110 Å². The highest BCUT2D eigenvalue weighted by atomic mass is 32.2. The minimum atomic E-state index is -0.0269. The SMILES string of the molecule is CCC(=O)Nc1nnc(SCCCCCCCCCCSc2nnc(NC(=O)CC)s2)s1. The summed E-state index contributed by atoms with van der Waals surface area (Å²) in [6, 6.07) is 0. The van der Waals surface area contributed by atoms with Gasteiger partial charge in [0.2, 0.25) is 22.1 Å². The molecule has 0 aromatic carbocycles. The van der Waals surface area contributed by atoms with Crippen LogP contribution in [0.5, 0.6) is 0 Å². The van der Waals surface area contributed by atoms with Crippen LogP contribution in [0.15, 0.2) is 8.68 Å². The van der Waals surface area contributed by atoms with E-state index in [0.29, 0.717) is 23.1 Å². The van der Waals surface area contributed by atoms with E-state index in [9.17, 15) is 9.59 Å². The van der Waals surface area contributed by atoms with Gasteiger partial charge in [-0.1, -0.05) is 98.6 Å². The predicted molar refractivity (Wildman–Crippen MR) is 136 cm³/mol. The lowest BCUT2D eigenvalue weighted by molar-refractivity contribution is -0.116. The zero-order valence-corrected chi connectivity index (χ0v) is 22.0. The van der Waals surface area contributed by atoms with Crippen LogP contribution in [0.4, 0.5) is 10.3 Å². The number of amides is 2. The third-order valence-corrected chi connectivity index (χ3v) is 8.55. The van der Waals surface area contributed by atoms with Crippen LogP contribution in [-0.2, 0) is 9.59 Å². The number of anilines is 2. The molecule has 12 heteroatoms. The summed E-state index contributed by atoms with van der Waals surface area (Å²) in [6.45, 7) is 3.64. The van der Waals surface area contributed by atoms with Crippen molar-refractivity contribution < 1.29 is 9.59 Å². The molecule has 0 saturated carbocycles. The molecule has 0 aliphatic carbocycles. The van der Waals surface area contributed by atoms with Crippen LogP contribution in [0.3, 0.4) is 0 Å². The molecule has 0 spiro atoms. The first kappa shape index (κ1) is 27.0. The Balaban J connectivity index is 1.38. The Morgan fingerprint density at radius 2 is 1.03 bits per heavy atom. The van der Waals surface area contributed by atoms with Gasteiger partial charge < -0.3 is 10.6 Å². The molecule has 2 heterocycles. The first-order valence-corrected chi connectivity index (χ1v) is 14.7. The van der Waals surface area contributed by atoms with Gasteiger partial charge in [0.15, 0.2) is 8.68 Å². The second kappa shape index (κ2) is 16.4. The maximum atomic E-state index is 11.4. The summed E-state index contributed by atoms with van der Waals surface area (Å²) in [5, 5.41) is 22.9. The average Bonchev–Trinajstić information content (AvgIpc) is 3.43. The van der Waals surface area contributed by atoms with Crippen LogP contribution in [0, 0.1) is 0 Å². The first-order valence-electron chi connectivity index (χ1n) is 11.1. The molecule has 8 nitrogen and oxygen atoms in total. The second-order valence-corrected chi connectivity index (χ2v) is 11.7. The molecule has 178 valence electrons. The van der Waals surface area contributed by atoms with Crippen molar-refractivity contribution >= 4 is 68.3 Å². The smallest absolute Gasteiger partial charge is 0.225 e. The Bertz CT molecular complexity index is 747. The Labute approximate surface area is 206 Å². The first-order chi connectivity index (χ1) is 15.6. The number of hydrogen-bond donors (Lipinski definition) is 2. The van der Waals surface area contributed by atoms with Crippen molar-refractivity contribution in [2.75, 3.05) is 22.1 Å². The van der Waals surface area contributed by atoms with Gasteiger partial charge in [-0.3, -0.25) is 9.59 Å². The summed E-state index contributed by atoms with van der Waals surface area (Å²) in [4.78, 5) is 22.7. The van der Waals surface area contributed by atoms with Gasteiger partial charge in [-0.25, -0.2) is 0 Å². The molecule has 0 unspecified atom stereocenters. The molecule has 2 N–H and O–H groups in total. The van der Waals surface area contributed by atoms with Gasteiger partial charge in [-0.15, -0.1) is 20.4 Å². The lowest BCUT2D eigenvalue weighted by Crippen LogP contribution is -2.08.